The van der Waals surface area contributed by atoms with Gasteiger partial charge in [0.15, 0.2) is 0 Å². The van der Waals surface area contributed by atoms with Gasteiger partial charge in [-0.25, -0.2) is 0 Å². The van der Waals surface area contributed by atoms with Crippen LogP contribution in [0, 0.1) is 17.8 Å². The van der Waals surface area contributed by atoms with Crippen molar-refractivity contribution in [1.29, 1.82) is 0 Å². The van der Waals surface area contributed by atoms with Crippen molar-refractivity contribution in [1.82, 2.24) is 10.3 Å². The molecule has 0 bridgehead atoms. The summed E-state index contributed by atoms with van der Waals surface area (Å²) in [5.41, 5.74) is 1.34. The number of hydrogen-bond donors (Lipinski definition) is 1. The summed E-state index contributed by atoms with van der Waals surface area (Å²) < 4.78 is 0. The monoisotopic (exact) mass is 260 g/mol. The molecule has 0 amide bonds. The van der Waals surface area contributed by atoms with Crippen molar-refractivity contribution in [3.05, 3.63) is 30.1 Å². The van der Waals surface area contributed by atoms with E-state index in [1.807, 2.05) is 12.4 Å². The molecule has 1 saturated carbocycles. The van der Waals surface area contributed by atoms with Crippen molar-refractivity contribution in [2.24, 2.45) is 17.8 Å². The molecule has 0 aromatic carbocycles. The summed E-state index contributed by atoms with van der Waals surface area (Å²) in [6.45, 7) is 9.40. The molecule has 2 rings (SSSR count). The normalized spacial score (nSPS) is 29.4. The quantitative estimate of drug-likeness (QED) is 0.878. The second-order valence-corrected chi connectivity index (χ2v) is 6.60. The molecule has 2 heteroatoms. The van der Waals surface area contributed by atoms with Gasteiger partial charge in [0.1, 0.15) is 0 Å². The van der Waals surface area contributed by atoms with E-state index in [2.05, 4.69) is 50.1 Å². The van der Waals surface area contributed by atoms with Crippen LogP contribution >= 0.6 is 0 Å². The van der Waals surface area contributed by atoms with Crippen LogP contribution in [0.2, 0.25) is 0 Å². The molecule has 0 saturated heterocycles. The molecule has 1 heterocycles. The third-order valence-electron chi connectivity index (χ3n) is 4.69. The van der Waals surface area contributed by atoms with E-state index in [-0.39, 0.29) is 0 Å². The van der Waals surface area contributed by atoms with E-state index in [4.69, 9.17) is 0 Å². The van der Waals surface area contributed by atoms with Crippen LogP contribution in [0.4, 0.5) is 0 Å². The Balaban J connectivity index is 2.02. The van der Waals surface area contributed by atoms with Gasteiger partial charge in [-0.15, -0.1) is 0 Å². The third kappa shape index (κ3) is 3.79. The van der Waals surface area contributed by atoms with Crippen molar-refractivity contribution in [2.75, 3.05) is 0 Å². The van der Waals surface area contributed by atoms with Crippen LogP contribution in [-0.2, 0) is 0 Å². The van der Waals surface area contributed by atoms with Gasteiger partial charge in [-0.2, -0.15) is 0 Å². The summed E-state index contributed by atoms with van der Waals surface area (Å²) in [4.78, 5) is 4.10. The van der Waals surface area contributed by atoms with Crippen LogP contribution in [0.15, 0.2) is 24.5 Å². The fourth-order valence-corrected chi connectivity index (χ4v) is 3.46. The minimum absolute atomic E-state index is 0.416. The minimum Gasteiger partial charge on any atom is -0.307 e. The van der Waals surface area contributed by atoms with Crippen LogP contribution in [0.1, 0.15) is 58.6 Å². The standard InChI is InChI=1S/C17H28N2/c1-12(2)16-6-5-13(3)11-17(16)19-14(4)15-7-9-18-10-8-15/h7-10,12-14,16-17,19H,5-6,11H2,1-4H3/t13?,14-,16?,17?/m1/s1. The molecule has 0 aliphatic heterocycles. The van der Waals surface area contributed by atoms with Crippen molar-refractivity contribution in [3.8, 4) is 0 Å². The summed E-state index contributed by atoms with van der Waals surface area (Å²) >= 11 is 0. The first-order chi connectivity index (χ1) is 9.08. The molecule has 2 nitrogen and oxygen atoms in total. The lowest BCUT2D eigenvalue weighted by atomic mass is 9.73. The third-order valence-corrected chi connectivity index (χ3v) is 4.69. The van der Waals surface area contributed by atoms with E-state index in [0.29, 0.717) is 12.1 Å². The molecule has 3 unspecified atom stereocenters. The number of hydrogen-bond acceptors (Lipinski definition) is 2. The number of nitrogens with zero attached hydrogens (tertiary/aromatic N) is 1. The first-order valence-corrected chi connectivity index (χ1v) is 7.74. The molecular weight excluding hydrogens is 232 g/mol. The Labute approximate surface area is 118 Å². The lowest BCUT2D eigenvalue weighted by Gasteiger charge is -2.39. The van der Waals surface area contributed by atoms with E-state index >= 15 is 0 Å². The van der Waals surface area contributed by atoms with Crippen LogP contribution in [0.3, 0.4) is 0 Å². The van der Waals surface area contributed by atoms with Gasteiger partial charge in [0.2, 0.25) is 0 Å². The maximum Gasteiger partial charge on any atom is 0.0295 e. The Morgan fingerprint density at radius 3 is 2.47 bits per heavy atom. The second-order valence-electron chi connectivity index (χ2n) is 6.60. The zero-order valence-corrected chi connectivity index (χ0v) is 12.8. The predicted molar refractivity (Wildman–Crippen MR) is 80.9 cm³/mol. The van der Waals surface area contributed by atoms with Crippen molar-refractivity contribution < 1.29 is 0 Å². The highest BCUT2D eigenvalue weighted by Crippen LogP contribution is 2.34. The molecule has 0 spiro atoms. The summed E-state index contributed by atoms with van der Waals surface area (Å²) in [6.07, 6.45) is 7.86. The van der Waals surface area contributed by atoms with Gasteiger partial charge < -0.3 is 5.32 Å². The number of rotatable bonds is 4. The summed E-state index contributed by atoms with van der Waals surface area (Å²) in [5.74, 6) is 2.45. The highest BCUT2D eigenvalue weighted by Gasteiger charge is 2.31. The molecule has 1 aliphatic rings. The van der Waals surface area contributed by atoms with Gasteiger partial charge >= 0.3 is 0 Å². The van der Waals surface area contributed by atoms with E-state index < -0.39 is 0 Å². The highest BCUT2D eigenvalue weighted by molar-refractivity contribution is 5.14. The molecule has 19 heavy (non-hydrogen) atoms. The van der Waals surface area contributed by atoms with E-state index in [1.165, 1.54) is 24.8 Å². The smallest absolute Gasteiger partial charge is 0.0295 e. The average Bonchev–Trinajstić information content (AvgIpc) is 2.39. The molecule has 0 radical (unpaired) electrons. The lowest BCUT2D eigenvalue weighted by Crippen LogP contribution is -2.43. The molecule has 106 valence electrons. The molecule has 1 aliphatic carbocycles. The topological polar surface area (TPSA) is 24.9 Å². The highest BCUT2D eigenvalue weighted by atomic mass is 15.0. The van der Waals surface area contributed by atoms with Crippen LogP contribution in [0.25, 0.3) is 0 Å². The Morgan fingerprint density at radius 1 is 1.16 bits per heavy atom. The summed E-state index contributed by atoms with van der Waals surface area (Å²) in [6, 6.07) is 5.31. The van der Waals surface area contributed by atoms with E-state index in [0.717, 1.165) is 17.8 Å². The largest absolute Gasteiger partial charge is 0.307 e. The van der Waals surface area contributed by atoms with Gasteiger partial charge in [0, 0.05) is 24.5 Å². The number of nitrogens with one attached hydrogen (secondary N) is 1. The second kappa shape index (κ2) is 6.51. The van der Waals surface area contributed by atoms with Crippen molar-refractivity contribution >= 4 is 0 Å². The zero-order valence-electron chi connectivity index (χ0n) is 12.8. The van der Waals surface area contributed by atoms with E-state index in [1.54, 1.807) is 0 Å². The van der Waals surface area contributed by atoms with Crippen molar-refractivity contribution in [2.45, 2.75) is 59.0 Å². The molecule has 4 atom stereocenters. The Morgan fingerprint density at radius 2 is 1.84 bits per heavy atom. The number of pyridine rings is 1. The summed E-state index contributed by atoms with van der Waals surface area (Å²) in [5, 5.41) is 3.87. The van der Waals surface area contributed by atoms with Crippen LogP contribution < -0.4 is 5.32 Å². The molecule has 1 aromatic rings. The van der Waals surface area contributed by atoms with E-state index in [9.17, 15) is 0 Å². The van der Waals surface area contributed by atoms with Crippen molar-refractivity contribution in [3.63, 3.8) is 0 Å². The first kappa shape index (κ1) is 14.5. The minimum atomic E-state index is 0.416. The fourth-order valence-electron chi connectivity index (χ4n) is 3.46. The first-order valence-electron chi connectivity index (χ1n) is 7.74. The lowest BCUT2D eigenvalue weighted by molar-refractivity contribution is 0.161. The average molecular weight is 260 g/mol. The Bertz CT molecular complexity index is 374. The Kier molecular flexibility index (Phi) is 4.98. The van der Waals surface area contributed by atoms with Gasteiger partial charge in [-0.3, -0.25) is 4.98 Å². The predicted octanol–water partition coefficient (Wildman–Crippen LogP) is 4.19. The fraction of sp³-hybridized carbons (Fsp3) is 0.706. The SMILES string of the molecule is CC1CCC(C(C)C)C(N[C@H](C)c2ccncc2)C1. The van der Waals surface area contributed by atoms with Crippen LogP contribution in [0.5, 0.6) is 0 Å². The van der Waals surface area contributed by atoms with Crippen LogP contribution in [-0.4, -0.2) is 11.0 Å². The molecule has 1 aromatic heterocycles. The summed E-state index contributed by atoms with van der Waals surface area (Å²) in [7, 11) is 0. The van der Waals surface area contributed by atoms with Gasteiger partial charge in [0.05, 0.1) is 0 Å². The molecule has 1 N–H and O–H groups in total. The zero-order chi connectivity index (χ0) is 13.8. The Hall–Kier alpha value is -0.890. The van der Waals surface area contributed by atoms with Gasteiger partial charge in [0.25, 0.3) is 0 Å². The molecule has 1 fully saturated rings. The molecular formula is C17H28N2. The van der Waals surface area contributed by atoms with Gasteiger partial charge in [-0.1, -0.05) is 27.2 Å². The van der Waals surface area contributed by atoms with Gasteiger partial charge in [-0.05, 0) is 55.2 Å². The maximum absolute atomic E-state index is 4.10. The number of aromatic nitrogens is 1. The maximum atomic E-state index is 4.10.